The first-order valence-corrected chi connectivity index (χ1v) is 7.46. The molecule has 0 aliphatic carbocycles. The SMILES string of the molecule is O=C1ON(C(=O)OCc2ccccc2)CC1Cc1ccccc1. The summed E-state index contributed by atoms with van der Waals surface area (Å²) in [5.41, 5.74) is 1.92. The monoisotopic (exact) mass is 311 g/mol. The summed E-state index contributed by atoms with van der Waals surface area (Å²) in [5, 5.41) is 0.999. The summed E-state index contributed by atoms with van der Waals surface area (Å²) in [6, 6.07) is 19.0. The highest BCUT2D eigenvalue weighted by molar-refractivity contribution is 5.79. The van der Waals surface area contributed by atoms with Gasteiger partial charge in [0.1, 0.15) is 6.61 Å². The third-order valence-corrected chi connectivity index (χ3v) is 3.65. The number of hydrogen-bond acceptors (Lipinski definition) is 4. The van der Waals surface area contributed by atoms with Crippen molar-refractivity contribution in [3.05, 3.63) is 71.8 Å². The third-order valence-electron chi connectivity index (χ3n) is 3.65. The number of rotatable bonds is 4. The second kappa shape index (κ2) is 6.96. The molecule has 1 fully saturated rings. The Bertz CT molecular complexity index is 672. The lowest BCUT2D eigenvalue weighted by atomic mass is 10.0. The molecule has 2 aromatic carbocycles. The molecule has 1 atom stereocenters. The molecule has 118 valence electrons. The number of amides is 1. The van der Waals surface area contributed by atoms with E-state index >= 15 is 0 Å². The lowest BCUT2D eigenvalue weighted by Crippen LogP contribution is -2.28. The van der Waals surface area contributed by atoms with E-state index in [9.17, 15) is 9.59 Å². The van der Waals surface area contributed by atoms with Gasteiger partial charge in [-0.15, -0.1) is 5.06 Å². The highest BCUT2D eigenvalue weighted by Crippen LogP contribution is 2.20. The molecule has 5 heteroatoms. The maximum atomic E-state index is 12.0. The molecule has 5 nitrogen and oxygen atoms in total. The van der Waals surface area contributed by atoms with E-state index in [-0.39, 0.29) is 19.1 Å². The van der Waals surface area contributed by atoms with Gasteiger partial charge in [-0.05, 0) is 17.5 Å². The van der Waals surface area contributed by atoms with E-state index in [1.165, 1.54) is 0 Å². The number of hydroxylamine groups is 2. The summed E-state index contributed by atoms with van der Waals surface area (Å²) in [6.45, 7) is 0.360. The van der Waals surface area contributed by atoms with Crippen molar-refractivity contribution in [1.29, 1.82) is 0 Å². The Morgan fingerprint density at radius 1 is 1.04 bits per heavy atom. The van der Waals surface area contributed by atoms with Crippen LogP contribution in [0.5, 0.6) is 0 Å². The van der Waals surface area contributed by atoms with Crippen LogP contribution in [0.1, 0.15) is 11.1 Å². The van der Waals surface area contributed by atoms with Crippen molar-refractivity contribution >= 4 is 12.1 Å². The second-order valence-corrected chi connectivity index (χ2v) is 5.40. The van der Waals surface area contributed by atoms with E-state index < -0.39 is 12.1 Å². The molecule has 1 heterocycles. The molecular weight excluding hydrogens is 294 g/mol. The summed E-state index contributed by atoms with van der Waals surface area (Å²) in [5.74, 6) is -0.757. The van der Waals surface area contributed by atoms with Crippen LogP contribution >= 0.6 is 0 Å². The van der Waals surface area contributed by atoms with Crippen LogP contribution in [-0.2, 0) is 27.4 Å². The molecule has 0 aromatic heterocycles. The molecule has 2 aromatic rings. The maximum Gasteiger partial charge on any atom is 0.443 e. The van der Waals surface area contributed by atoms with Crippen LogP contribution in [0.4, 0.5) is 4.79 Å². The molecule has 1 amide bonds. The molecule has 3 rings (SSSR count). The normalized spacial score (nSPS) is 17.0. The van der Waals surface area contributed by atoms with Crippen molar-refractivity contribution in [3.63, 3.8) is 0 Å². The van der Waals surface area contributed by atoms with E-state index in [1.807, 2.05) is 60.7 Å². The fourth-order valence-electron chi connectivity index (χ4n) is 2.44. The fraction of sp³-hybridized carbons (Fsp3) is 0.222. The predicted octanol–water partition coefficient (Wildman–Crippen LogP) is 2.96. The first-order valence-electron chi connectivity index (χ1n) is 7.46. The molecule has 1 unspecified atom stereocenters. The number of benzene rings is 2. The van der Waals surface area contributed by atoms with Crippen LogP contribution in [0.3, 0.4) is 0 Å². The van der Waals surface area contributed by atoms with Crippen molar-refractivity contribution in [1.82, 2.24) is 5.06 Å². The first-order chi connectivity index (χ1) is 11.2. The van der Waals surface area contributed by atoms with Gasteiger partial charge in [0.25, 0.3) is 0 Å². The van der Waals surface area contributed by atoms with Crippen LogP contribution in [0, 0.1) is 5.92 Å². The minimum Gasteiger partial charge on any atom is -0.442 e. The summed E-state index contributed by atoms with van der Waals surface area (Å²) in [6.07, 6.45) is -0.0972. The molecular formula is C18H17NO4. The zero-order chi connectivity index (χ0) is 16.1. The van der Waals surface area contributed by atoms with Crippen molar-refractivity contribution in [2.24, 2.45) is 5.92 Å². The van der Waals surface area contributed by atoms with Gasteiger partial charge in [0, 0.05) is 0 Å². The van der Waals surface area contributed by atoms with E-state index in [1.54, 1.807) is 0 Å². The van der Waals surface area contributed by atoms with Crippen molar-refractivity contribution in [2.45, 2.75) is 13.0 Å². The quantitative estimate of drug-likeness (QED) is 0.871. The lowest BCUT2D eigenvalue weighted by Gasteiger charge is -2.13. The van der Waals surface area contributed by atoms with Crippen LogP contribution < -0.4 is 0 Å². The predicted molar refractivity (Wildman–Crippen MR) is 83.1 cm³/mol. The van der Waals surface area contributed by atoms with Crippen molar-refractivity contribution in [2.75, 3.05) is 6.54 Å². The molecule has 0 saturated carbocycles. The number of ether oxygens (including phenoxy) is 1. The number of hydrogen-bond donors (Lipinski definition) is 0. The Morgan fingerprint density at radius 2 is 1.65 bits per heavy atom. The summed E-state index contributed by atoms with van der Waals surface area (Å²) >= 11 is 0. The zero-order valence-corrected chi connectivity index (χ0v) is 12.6. The van der Waals surface area contributed by atoms with Crippen molar-refractivity contribution in [3.8, 4) is 0 Å². The van der Waals surface area contributed by atoms with Gasteiger partial charge in [-0.25, -0.2) is 9.59 Å². The van der Waals surface area contributed by atoms with E-state index in [4.69, 9.17) is 9.57 Å². The molecule has 0 bridgehead atoms. The van der Waals surface area contributed by atoms with Gasteiger partial charge >= 0.3 is 12.1 Å². The Kier molecular flexibility index (Phi) is 4.57. The molecule has 0 radical (unpaired) electrons. The van der Waals surface area contributed by atoms with E-state index in [2.05, 4.69) is 0 Å². The molecule has 0 spiro atoms. The smallest absolute Gasteiger partial charge is 0.442 e. The van der Waals surface area contributed by atoms with Crippen molar-refractivity contribution < 1.29 is 19.2 Å². The average Bonchev–Trinajstić information content (AvgIpc) is 2.95. The van der Waals surface area contributed by atoms with Gasteiger partial charge in [0.05, 0.1) is 12.5 Å². The zero-order valence-electron chi connectivity index (χ0n) is 12.6. The van der Waals surface area contributed by atoms with Gasteiger partial charge in [-0.1, -0.05) is 60.7 Å². The van der Waals surface area contributed by atoms with Gasteiger partial charge in [-0.2, -0.15) is 0 Å². The topological polar surface area (TPSA) is 55.8 Å². The van der Waals surface area contributed by atoms with Gasteiger partial charge < -0.3 is 9.57 Å². The van der Waals surface area contributed by atoms with Crippen LogP contribution in [0.2, 0.25) is 0 Å². The summed E-state index contributed by atoms with van der Waals surface area (Å²) in [4.78, 5) is 28.9. The Morgan fingerprint density at radius 3 is 2.30 bits per heavy atom. The molecule has 23 heavy (non-hydrogen) atoms. The minimum absolute atomic E-state index is 0.150. The largest absolute Gasteiger partial charge is 0.443 e. The summed E-state index contributed by atoms with van der Waals surface area (Å²) in [7, 11) is 0. The Hall–Kier alpha value is -2.82. The second-order valence-electron chi connectivity index (χ2n) is 5.40. The van der Waals surface area contributed by atoms with E-state index in [0.717, 1.165) is 16.2 Å². The molecule has 1 aliphatic heterocycles. The Labute approximate surface area is 134 Å². The minimum atomic E-state index is -0.641. The van der Waals surface area contributed by atoms with E-state index in [0.29, 0.717) is 6.42 Å². The maximum absolute atomic E-state index is 12.0. The number of carbonyl (C=O) groups is 2. The highest BCUT2D eigenvalue weighted by Gasteiger charge is 2.37. The van der Waals surface area contributed by atoms with Crippen LogP contribution in [-0.4, -0.2) is 23.7 Å². The standard InChI is InChI=1S/C18H17NO4/c20-17-16(11-14-7-3-1-4-8-14)12-19(23-17)18(21)22-13-15-9-5-2-6-10-15/h1-10,16H,11-13H2. The number of nitrogens with zero attached hydrogens (tertiary/aromatic N) is 1. The van der Waals surface area contributed by atoms with Gasteiger partial charge in [0.15, 0.2) is 0 Å². The lowest BCUT2D eigenvalue weighted by molar-refractivity contribution is -0.165. The third kappa shape index (κ3) is 3.88. The highest BCUT2D eigenvalue weighted by atomic mass is 16.8. The van der Waals surface area contributed by atoms with Gasteiger partial charge in [-0.3, -0.25) is 0 Å². The Balaban J connectivity index is 1.53. The van der Waals surface area contributed by atoms with Crippen LogP contribution in [0.15, 0.2) is 60.7 Å². The van der Waals surface area contributed by atoms with Gasteiger partial charge in [0.2, 0.25) is 0 Å². The molecule has 1 saturated heterocycles. The number of carbonyl (C=O) groups excluding carboxylic acids is 2. The van der Waals surface area contributed by atoms with Crippen LogP contribution in [0.25, 0.3) is 0 Å². The first kappa shape index (κ1) is 15.1. The molecule has 1 aliphatic rings. The average molecular weight is 311 g/mol. The summed E-state index contributed by atoms with van der Waals surface area (Å²) < 4.78 is 5.17. The molecule has 0 N–H and O–H groups in total. The fourth-order valence-corrected chi connectivity index (χ4v) is 2.44.